The second-order valence-corrected chi connectivity index (χ2v) is 2.63. The van der Waals surface area contributed by atoms with Gasteiger partial charge in [0.25, 0.3) is 0 Å². The van der Waals surface area contributed by atoms with Crippen LogP contribution in [0.25, 0.3) is 0 Å². The molecule has 0 radical (unpaired) electrons. The summed E-state index contributed by atoms with van der Waals surface area (Å²) in [6.45, 7) is 1.92. The minimum absolute atomic E-state index is 0.325. The highest BCUT2D eigenvalue weighted by Gasteiger charge is 1.93. The first-order valence-electron chi connectivity index (χ1n) is 3.51. The van der Waals surface area contributed by atoms with Crippen molar-refractivity contribution in [1.29, 1.82) is 0 Å². The highest BCUT2D eigenvalue weighted by Crippen LogP contribution is 2.08. The smallest absolute Gasteiger partial charge is 0.113 e. The summed E-state index contributed by atoms with van der Waals surface area (Å²) < 4.78 is 0. The molecular weight excluding hydrogens is 172 g/mol. The molecule has 2 N–H and O–H groups in total. The molecule has 3 heteroatoms. The van der Waals surface area contributed by atoms with Gasteiger partial charge in [-0.05, 0) is 24.5 Å². The summed E-state index contributed by atoms with van der Waals surface area (Å²) in [5.74, 6) is 5.86. The van der Waals surface area contributed by atoms with Crippen LogP contribution in [-0.4, -0.2) is 10.9 Å². The molecule has 12 heavy (non-hydrogen) atoms. The quantitative estimate of drug-likeness (QED) is 0.486. The maximum atomic E-state index is 5.58. The van der Waals surface area contributed by atoms with Crippen LogP contribution >= 0.6 is 11.6 Å². The first-order valence-corrected chi connectivity index (χ1v) is 4.04. The second-order valence-electron chi connectivity index (χ2n) is 2.36. The number of nitrogen functional groups attached to an aromatic ring is 1. The van der Waals surface area contributed by atoms with Gasteiger partial charge in [-0.1, -0.05) is 5.92 Å². The average Bonchev–Trinajstić information content (AvgIpc) is 2.07. The number of halogens is 1. The Bertz CT molecular complexity index is 336. The largest absolute Gasteiger partial charge is 0.397 e. The Morgan fingerprint density at radius 1 is 1.67 bits per heavy atom. The molecule has 1 aromatic heterocycles. The van der Waals surface area contributed by atoms with Crippen molar-refractivity contribution in [3.8, 4) is 11.8 Å². The summed E-state index contributed by atoms with van der Waals surface area (Å²) in [6.07, 6.45) is 1.60. The zero-order valence-corrected chi connectivity index (χ0v) is 7.52. The SMILES string of the molecule is Cc1cc(C#CCCl)ncc1N. The van der Waals surface area contributed by atoms with Crippen molar-refractivity contribution in [2.45, 2.75) is 6.92 Å². The lowest BCUT2D eigenvalue weighted by molar-refractivity contribution is 1.26. The third-order valence-corrected chi connectivity index (χ3v) is 1.57. The number of anilines is 1. The van der Waals surface area contributed by atoms with E-state index in [1.807, 2.05) is 13.0 Å². The number of rotatable bonds is 0. The number of pyridine rings is 1. The molecule has 62 valence electrons. The molecule has 0 unspecified atom stereocenters. The molecule has 0 aliphatic carbocycles. The average molecular weight is 181 g/mol. The molecule has 0 saturated heterocycles. The number of alkyl halides is 1. The van der Waals surface area contributed by atoms with Crippen LogP contribution in [0.2, 0.25) is 0 Å². The number of nitrogens with two attached hydrogens (primary N) is 1. The van der Waals surface area contributed by atoms with E-state index >= 15 is 0 Å². The van der Waals surface area contributed by atoms with Crippen molar-refractivity contribution < 1.29 is 0 Å². The van der Waals surface area contributed by atoms with Crippen molar-refractivity contribution in [2.24, 2.45) is 0 Å². The highest BCUT2D eigenvalue weighted by atomic mass is 35.5. The van der Waals surface area contributed by atoms with Crippen LogP contribution in [0.4, 0.5) is 5.69 Å². The zero-order chi connectivity index (χ0) is 8.97. The topological polar surface area (TPSA) is 38.9 Å². The Kier molecular flexibility index (Phi) is 2.95. The van der Waals surface area contributed by atoms with Gasteiger partial charge in [0.1, 0.15) is 5.69 Å². The molecule has 1 rings (SSSR count). The minimum atomic E-state index is 0.325. The van der Waals surface area contributed by atoms with Crippen LogP contribution < -0.4 is 5.73 Å². The molecule has 0 fully saturated rings. The van der Waals surface area contributed by atoms with Gasteiger partial charge in [0, 0.05) is 0 Å². The van der Waals surface area contributed by atoms with Crippen LogP contribution in [0.1, 0.15) is 11.3 Å². The van der Waals surface area contributed by atoms with E-state index in [2.05, 4.69) is 16.8 Å². The number of nitrogens with zero attached hydrogens (tertiary/aromatic N) is 1. The highest BCUT2D eigenvalue weighted by molar-refractivity contribution is 6.19. The Morgan fingerprint density at radius 2 is 2.42 bits per heavy atom. The summed E-state index contributed by atoms with van der Waals surface area (Å²) in [6, 6.07) is 1.84. The molecule has 0 amide bonds. The molecule has 0 atom stereocenters. The van der Waals surface area contributed by atoms with Gasteiger partial charge in [-0.3, -0.25) is 0 Å². The van der Waals surface area contributed by atoms with Crippen molar-refractivity contribution >= 4 is 17.3 Å². The molecule has 0 spiro atoms. The van der Waals surface area contributed by atoms with Crippen LogP contribution in [-0.2, 0) is 0 Å². The van der Waals surface area contributed by atoms with E-state index in [1.165, 1.54) is 0 Å². The third kappa shape index (κ3) is 2.14. The molecule has 0 aliphatic heterocycles. The predicted molar refractivity (Wildman–Crippen MR) is 51.0 cm³/mol. The van der Waals surface area contributed by atoms with Crippen LogP contribution in [0.3, 0.4) is 0 Å². The van der Waals surface area contributed by atoms with E-state index in [1.54, 1.807) is 6.20 Å². The Hall–Kier alpha value is -1.20. The van der Waals surface area contributed by atoms with Gasteiger partial charge in [-0.25, -0.2) is 4.98 Å². The maximum Gasteiger partial charge on any atom is 0.113 e. The first-order chi connectivity index (χ1) is 5.74. The van der Waals surface area contributed by atoms with E-state index in [-0.39, 0.29) is 0 Å². The summed E-state index contributed by atoms with van der Waals surface area (Å²) in [7, 11) is 0. The van der Waals surface area contributed by atoms with E-state index in [0.29, 0.717) is 17.3 Å². The Labute approximate surface area is 76.8 Å². The standard InChI is InChI=1S/C9H9ClN2/c1-7-5-8(3-2-4-10)12-6-9(7)11/h5-6H,4,11H2,1H3. The number of hydrogen-bond acceptors (Lipinski definition) is 2. The van der Waals surface area contributed by atoms with E-state index in [9.17, 15) is 0 Å². The van der Waals surface area contributed by atoms with Crippen LogP contribution in [0.5, 0.6) is 0 Å². The Balaban J connectivity index is 2.97. The number of hydrogen-bond donors (Lipinski definition) is 1. The molecule has 2 nitrogen and oxygen atoms in total. The van der Waals surface area contributed by atoms with Crippen molar-refractivity contribution in [3.63, 3.8) is 0 Å². The van der Waals surface area contributed by atoms with Gasteiger partial charge >= 0.3 is 0 Å². The second kappa shape index (κ2) is 3.99. The molecule has 0 aromatic carbocycles. The van der Waals surface area contributed by atoms with E-state index < -0.39 is 0 Å². The van der Waals surface area contributed by atoms with E-state index in [0.717, 1.165) is 5.56 Å². The van der Waals surface area contributed by atoms with Gasteiger partial charge < -0.3 is 5.73 Å². The summed E-state index contributed by atoms with van der Waals surface area (Å²) in [5.41, 5.74) is 7.97. The Morgan fingerprint density at radius 3 is 3.00 bits per heavy atom. The van der Waals surface area contributed by atoms with Gasteiger partial charge in [-0.15, -0.1) is 11.6 Å². The summed E-state index contributed by atoms with van der Waals surface area (Å²) >= 11 is 5.40. The molecule has 1 aromatic rings. The molecule has 0 aliphatic rings. The molecule has 1 heterocycles. The lowest BCUT2D eigenvalue weighted by Crippen LogP contribution is -1.92. The van der Waals surface area contributed by atoms with Crippen LogP contribution in [0, 0.1) is 18.8 Å². The van der Waals surface area contributed by atoms with Crippen molar-refractivity contribution in [3.05, 3.63) is 23.5 Å². The number of aromatic nitrogens is 1. The first kappa shape index (κ1) is 8.89. The fourth-order valence-electron chi connectivity index (χ4n) is 0.759. The number of aryl methyl sites for hydroxylation is 1. The summed E-state index contributed by atoms with van der Waals surface area (Å²) in [4.78, 5) is 4.02. The lowest BCUT2D eigenvalue weighted by atomic mass is 10.2. The molecule has 0 saturated carbocycles. The fourth-order valence-corrected chi connectivity index (χ4v) is 0.826. The van der Waals surface area contributed by atoms with Crippen molar-refractivity contribution in [2.75, 3.05) is 11.6 Å². The van der Waals surface area contributed by atoms with Crippen LogP contribution in [0.15, 0.2) is 12.3 Å². The maximum absolute atomic E-state index is 5.58. The predicted octanol–water partition coefficient (Wildman–Crippen LogP) is 1.56. The lowest BCUT2D eigenvalue weighted by Gasteiger charge is -1.97. The fraction of sp³-hybridized carbons (Fsp3) is 0.222. The molecular formula is C9H9ClN2. The summed E-state index contributed by atoms with van der Waals surface area (Å²) in [5, 5.41) is 0. The minimum Gasteiger partial charge on any atom is -0.397 e. The third-order valence-electron chi connectivity index (χ3n) is 1.43. The zero-order valence-electron chi connectivity index (χ0n) is 6.76. The van der Waals surface area contributed by atoms with Gasteiger partial charge in [0.15, 0.2) is 0 Å². The monoisotopic (exact) mass is 180 g/mol. The van der Waals surface area contributed by atoms with Crippen molar-refractivity contribution in [1.82, 2.24) is 4.98 Å². The van der Waals surface area contributed by atoms with Gasteiger partial charge in [-0.2, -0.15) is 0 Å². The molecule has 0 bridgehead atoms. The van der Waals surface area contributed by atoms with E-state index in [4.69, 9.17) is 17.3 Å². The van der Waals surface area contributed by atoms with Gasteiger partial charge in [0.05, 0.1) is 17.8 Å². The normalized spacial score (nSPS) is 8.83. The van der Waals surface area contributed by atoms with Gasteiger partial charge in [0.2, 0.25) is 0 Å².